The molecular formula is O2Pr2S. The molecule has 0 aliphatic rings. The first-order chi connectivity index (χ1) is 0. The maximum absolute atomic E-state index is 0. The van der Waals surface area contributed by atoms with E-state index in [9.17, 15) is 0 Å². The third kappa shape index (κ3) is 19.5. The summed E-state index contributed by atoms with van der Waals surface area (Å²) >= 11 is 0. The van der Waals surface area contributed by atoms with Crippen LogP contribution in [0.15, 0.2) is 0 Å². The zero-order valence-corrected chi connectivity index (χ0v) is 10.6. The summed E-state index contributed by atoms with van der Waals surface area (Å²) < 4.78 is 0. The van der Waals surface area contributed by atoms with Gasteiger partial charge in [-0.05, 0) is 0 Å². The standard InChI is InChI=1S/2O.2Pr.S/q2*-2;2*+3;-2. The molecule has 0 aliphatic carbocycles. The van der Waals surface area contributed by atoms with Crippen LogP contribution in [0.2, 0.25) is 0 Å². The SMILES string of the molecule is [O-2].[O-2].[Pr+3].[Pr+3].[S-2]. The third-order valence-corrected chi connectivity index (χ3v) is 0. The maximum atomic E-state index is 0. The Kier molecular flexibility index (Phi) is 244. The van der Waals surface area contributed by atoms with E-state index in [4.69, 9.17) is 0 Å². The first kappa shape index (κ1) is 43.6. The van der Waals surface area contributed by atoms with Crippen molar-refractivity contribution >= 4 is 13.5 Å². The molecule has 0 spiro atoms. The van der Waals surface area contributed by atoms with E-state index in [1.165, 1.54) is 0 Å². The minimum Gasteiger partial charge on any atom is -2.00 e. The van der Waals surface area contributed by atoms with Gasteiger partial charge < -0.3 is 24.4 Å². The van der Waals surface area contributed by atoms with E-state index in [1.54, 1.807) is 0 Å². The van der Waals surface area contributed by atoms with Crippen molar-refractivity contribution in [3.05, 3.63) is 0 Å². The zero-order chi connectivity index (χ0) is 0. The Labute approximate surface area is 104 Å². The van der Waals surface area contributed by atoms with E-state index < -0.39 is 0 Å². The van der Waals surface area contributed by atoms with Crippen LogP contribution in [0.4, 0.5) is 0 Å². The van der Waals surface area contributed by atoms with E-state index in [2.05, 4.69) is 0 Å². The molecule has 0 aliphatic heterocycles. The van der Waals surface area contributed by atoms with Crippen molar-refractivity contribution in [1.29, 1.82) is 0 Å². The quantitative estimate of drug-likeness (QED) is 0.582. The predicted molar refractivity (Wildman–Crippen MR) is 8.74 cm³/mol. The molecule has 0 fully saturated rings. The molecule has 5 heavy (non-hydrogen) atoms. The summed E-state index contributed by atoms with van der Waals surface area (Å²) in [6.45, 7) is 0. The summed E-state index contributed by atoms with van der Waals surface area (Å²) in [5, 5.41) is 0. The molecular weight excluding hydrogens is 346 g/mol. The molecule has 0 saturated heterocycles. The average molecular weight is 346 g/mol. The molecule has 0 heterocycles. The fraction of sp³-hybridized carbons (Fsp3) is 0. The molecule has 0 aromatic rings. The van der Waals surface area contributed by atoms with Crippen LogP contribution >= 0.6 is 0 Å². The normalized spacial score (nSPS) is 0. The molecule has 2 nitrogen and oxygen atoms in total. The monoisotopic (exact) mass is 346 g/mol. The maximum Gasteiger partial charge on any atom is 3.00 e. The molecule has 24 valence electrons. The van der Waals surface area contributed by atoms with Crippen LogP contribution in [0.1, 0.15) is 0 Å². The van der Waals surface area contributed by atoms with Crippen molar-refractivity contribution < 1.29 is 93.5 Å². The van der Waals surface area contributed by atoms with Crippen molar-refractivity contribution in [3.63, 3.8) is 0 Å². The van der Waals surface area contributed by atoms with Gasteiger partial charge >= 0.3 is 82.6 Å². The molecule has 0 saturated carbocycles. The van der Waals surface area contributed by atoms with Gasteiger partial charge in [0.05, 0.1) is 0 Å². The van der Waals surface area contributed by atoms with Gasteiger partial charge in [-0.2, -0.15) is 0 Å². The zero-order valence-electron chi connectivity index (χ0n) is 2.38. The fourth-order valence-corrected chi connectivity index (χ4v) is 0. The van der Waals surface area contributed by atoms with Crippen LogP contribution in [0.5, 0.6) is 0 Å². The van der Waals surface area contributed by atoms with Crippen molar-refractivity contribution in [2.75, 3.05) is 0 Å². The Bertz CT molecular complexity index is 7.61. The van der Waals surface area contributed by atoms with Gasteiger partial charge in [0.1, 0.15) is 0 Å². The molecule has 0 rings (SSSR count). The number of rotatable bonds is 0. The van der Waals surface area contributed by atoms with E-state index in [1.807, 2.05) is 0 Å². The summed E-state index contributed by atoms with van der Waals surface area (Å²) in [7, 11) is 0. The number of hydrogen-bond donors (Lipinski definition) is 0. The van der Waals surface area contributed by atoms with Crippen LogP contribution in [0, 0.1) is 82.6 Å². The minimum absolute atomic E-state index is 0. The summed E-state index contributed by atoms with van der Waals surface area (Å²) in [5.74, 6) is 0. The van der Waals surface area contributed by atoms with Crippen LogP contribution in [0.25, 0.3) is 0 Å². The Balaban J connectivity index is 0. The van der Waals surface area contributed by atoms with Crippen molar-refractivity contribution in [2.24, 2.45) is 0 Å². The molecule has 0 unspecified atom stereocenters. The molecule has 0 aromatic carbocycles. The smallest absolute Gasteiger partial charge is 2.00 e. The Morgan fingerprint density at radius 1 is 0.600 bits per heavy atom. The molecule has 0 radical (unpaired) electrons. The second-order valence-corrected chi connectivity index (χ2v) is 0. The van der Waals surface area contributed by atoms with Crippen LogP contribution in [-0.4, -0.2) is 0 Å². The Hall–Kier alpha value is 3.00. The van der Waals surface area contributed by atoms with E-state index in [-0.39, 0.29) is 107 Å². The van der Waals surface area contributed by atoms with E-state index >= 15 is 0 Å². The van der Waals surface area contributed by atoms with Crippen LogP contribution in [-0.2, 0) is 24.4 Å². The minimum atomic E-state index is 0. The molecule has 0 N–H and O–H groups in total. The van der Waals surface area contributed by atoms with E-state index in [0.29, 0.717) is 0 Å². The van der Waals surface area contributed by atoms with Gasteiger partial charge in [0.25, 0.3) is 0 Å². The predicted octanol–water partition coefficient (Wildman–Crippen LogP) is -0.240. The van der Waals surface area contributed by atoms with Gasteiger partial charge in [0, 0.05) is 0 Å². The van der Waals surface area contributed by atoms with Gasteiger partial charge in [0.15, 0.2) is 0 Å². The van der Waals surface area contributed by atoms with Gasteiger partial charge in [-0.3, -0.25) is 0 Å². The number of hydrogen-bond acceptors (Lipinski definition) is 0. The van der Waals surface area contributed by atoms with Crippen molar-refractivity contribution in [3.8, 4) is 0 Å². The summed E-state index contributed by atoms with van der Waals surface area (Å²) in [4.78, 5) is 0. The fourth-order valence-electron chi connectivity index (χ4n) is 0. The second-order valence-electron chi connectivity index (χ2n) is 0. The first-order valence-corrected chi connectivity index (χ1v) is 0. The van der Waals surface area contributed by atoms with E-state index in [0.717, 1.165) is 0 Å². The molecule has 0 aromatic heterocycles. The van der Waals surface area contributed by atoms with Gasteiger partial charge in [-0.15, -0.1) is 0 Å². The van der Waals surface area contributed by atoms with Crippen molar-refractivity contribution in [2.45, 2.75) is 0 Å². The third-order valence-electron chi connectivity index (χ3n) is 0. The molecule has 0 bridgehead atoms. The first-order valence-electron chi connectivity index (χ1n) is 0. The van der Waals surface area contributed by atoms with Crippen molar-refractivity contribution in [1.82, 2.24) is 0 Å². The topological polar surface area (TPSA) is 57.0 Å². The average Bonchev–Trinajstić information content (AvgIpc) is 0. The Morgan fingerprint density at radius 2 is 0.600 bits per heavy atom. The largest absolute Gasteiger partial charge is 3.00 e. The van der Waals surface area contributed by atoms with Gasteiger partial charge in [-0.25, -0.2) is 0 Å². The molecule has 5 heteroatoms. The second kappa shape index (κ2) is 28.0. The summed E-state index contributed by atoms with van der Waals surface area (Å²) in [6, 6.07) is 0. The van der Waals surface area contributed by atoms with Crippen LogP contribution in [0.3, 0.4) is 0 Å². The molecule has 0 atom stereocenters. The Morgan fingerprint density at radius 3 is 0.600 bits per heavy atom. The summed E-state index contributed by atoms with van der Waals surface area (Å²) in [5.41, 5.74) is 0. The van der Waals surface area contributed by atoms with Gasteiger partial charge in [0.2, 0.25) is 0 Å². The molecule has 0 amide bonds. The summed E-state index contributed by atoms with van der Waals surface area (Å²) in [6.07, 6.45) is 0. The van der Waals surface area contributed by atoms with Crippen LogP contribution < -0.4 is 0 Å². The van der Waals surface area contributed by atoms with Gasteiger partial charge in [-0.1, -0.05) is 0 Å².